The number of anilines is 1. The highest BCUT2D eigenvalue weighted by Gasteiger charge is 2.30. The number of aromatic carboxylic acids is 1. The van der Waals surface area contributed by atoms with Crippen LogP contribution >= 0.6 is 34.5 Å². The number of amides is 1. The van der Waals surface area contributed by atoms with Gasteiger partial charge in [-0.05, 0) is 36.8 Å². The summed E-state index contributed by atoms with van der Waals surface area (Å²) in [5.74, 6) is -1.55. The number of rotatable bonds is 6. The lowest BCUT2D eigenvalue weighted by molar-refractivity contribution is 0.0703. The van der Waals surface area contributed by atoms with Crippen LogP contribution in [0.2, 0.25) is 10.0 Å². The smallest absolute Gasteiger partial charge is 0.348 e. The summed E-state index contributed by atoms with van der Waals surface area (Å²) >= 11 is 13.3. The molecular formula is C21H18Cl2N2O3S. The molecule has 29 heavy (non-hydrogen) atoms. The van der Waals surface area contributed by atoms with Crippen molar-refractivity contribution in [3.63, 3.8) is 0 Å². The van der Waals surface area contributed by atoms with Crippen LogP contribution in [0.15, 0.2) is 54.6 Å². The van der Waals surface area contributed by atoms with Gasteiger partial charge in [0.1, 0.15) is 4.88 Å². The maximum absolute atomic E-state index is 13.4. The number of thiophene rings is 1. The van der Waals surface area contributed by atoms with E-state index in [9.17, 15) is 14.7 Å². The fourth-order valence-corrected chi connectivity index (χ4v) is 4.39. The van der Waals surface area contributed by atoms with E-state index in [1.54, 1.807) is 19.1 Å². The van der Waals surface area contributed by atoms with E-state index in [1.807, 2.05) is 30.3 Å². The predicted molar refractivity (Wildman–Crippen MR) is 119 cm³/mol. The SMILES string of the molecule is CC(CN)N(C(=O)c1ccc(Cl)cc1Cl)c1cc(-c2ccccc2)sc1C(=O)O. The Morgan fingerprint density at radius 1 is 1.14 bits per heavy atom. The second-order valence-electron chi connectivity index (χ2n) is 6.38. The molecule has 1 amide bonds. The lowest BCUT2D eigenvalue weighted by Crippen LogP contribution is -2.43. The Morgan fingerprint density at radius 2 is 1.83 bits per heavy atom. The molecule has 0 aliphatic carbocycles. The molecule has 0 saturated carbocycles. The molecule has 0 fully saturated rings. The van der Waals surface area contributed by atoms with Crippen LogP contribution in [0.1, 0.15) is 27.0 Å². The number of hydrogen-bond acceptors (Lipinski definition) is 4. The molecule has 0 bridgehead atoms. The molecule has 150 valence electrons. The maximum Gasteiger partial charge on any atom is 0.348 e. The van der Waals surface area contributed by atoms with Crippen molar-refractivity contribution in [2.75, 3.05) is 11.4 Å². The van der Waals surface area contributed by atoms with Crippen molar-refractivity contribution >= 4 is 52.1 Å². The molecule has 0 saturated heterocycles. The molecule has 3 N–H and O–H groups in total. The Bertz CT molecular complexity index is 1050. The molecule has 1 atom stereocenters. The van der Waals surface area contributed by atoms with E-state index in [1.165, 1.54) is 17.0 Å². The van der Waals surface area contributed by atoms with Crippen molar-refractivity contribution in [2.24, 2.45) is 5.73 Å². The van der Waals surface area contributed by atoms with Crippen molar-refractivity contribution < 1.29 is 14.7 Å². The average molecular weight is 449 g/mol. The fraction of sp³-hybridized carbons (Fsp3) is 0.143. The molecule has 2 aromatic carbocycles. The minimum Gasteiger partial charge on any atom is -0.477 e. The first kappa shape index (κ1) is 21.3. The van der Waals surface area contributed by atoms with Crippen LogP contribution in [0.3, 0.4) is 0 Å². The summed E-state index contributed by atoms with van der Waals surface area (Å²) in [7, 11) is 0. The second kappa shape index (κ2) is 8.97. The lowest BCUT2D eigenvalue weighted by Gasteiger charge is -2.28. The molecule has 0 spiro atoms. The van der Waals surface area contributed by atoms with Crippen LogP contribution in [0.4, 0.5) is 5.69 Å². The highest BCUT2D eigenvalue weighted by molar-refractivity contribution is 7.18. The summed E-state index contributed by atoms with van der Waals surface area (Å²) in [6, 6.07) is 15.2. The third kappa shape index (κ3) is 4.46. The van der Waals surface area contributed by atoms with E-state index < -0.39 is 17.9 Å². The van der Waals surface area contributed by atoms with Crippen molar-refractivity contribution in [3.8, 4) is 10.4 Å². The minimum absolute atomic E-state index is 0.0580. The molecule has 0 aliphatic heterocycles. The standard InChI is InChI=1S/C21H18Cl2N2O3S/c1-12(11-24)25(20(26)15-8-7-14(22)9-16(15)23)17-10-18(29-19(17)21(27)28)13-5-3-2-4-6-13/h2-10,12H,11,24H2,1H3,(H,27,28). The minimum atomic E-state index is -1.11. The topological polar surface area (TPSA) is 83.6 Å². The van der Waals surface area contributed by atoms with E-state index in [2.05, 4.69) is 0 Å². The van der Waals surface area contributed by atoms with Gasteiger partial charge in [0.25, 0.3) is 5.91 Å². The van der Waals surface area contributed by atoms with Crippen molar-refractivity contribution in [1.82, 2.24) is 0 Å². The largest absolute Gasteiger partial charge is 0.477 e. The van der Waals surface area contributed by atoms with Gasteiger partial charge in [0.2, 0.25) is 0 Å². The number of carbonyl (C=O) groups is 2. The number of halogens is 2. The molecule has 3 rings (SSSR count). The Labute approximate surface area is 182 Å². The Balaban J connectivity index is 2.15. The van der Waals surface area contributed by atoms with Crippen LogP contribution in [0.5, 0.6) is 0 Å². The zero-order valence-electron chi connectivity index (χ0n) is 15.4. The van der Waals surface area contributed by atoms with Gasteiger partial charge in [0.15, 0.2) is 0 Å². The number of carbonyl (C=O) groups excluding carboxylic acids is 1. The van der Waals surface area contributed by atoms with Crippen molar-refractivity contribution in [3.05, 3.63) is 75.1 Å². The summed E-state index contributed by atoms with van der Waals surface area (Å²) in [6.45, 7) is 1.90. The number of hydrogen-bond donors (Lipinski definition) is 2. The zero-order valence-corrected chi connectivity index (χ0v) is 17.8. The van der Waals surface area contributed by atoms with E-state index in [-0.39, 0.29) is 27.7 Å². The van der Waals surface area contributed by atoms with E-state index in [4.69, 9.17) is 28.9 Å². The molecule has 3 aromatic rings. The quantitative estimate of drug-likeness (QED) is 0.527. The van der Waals surface area contributed by atoms with Gasteiger partial charge in [-0.15, -0.1) is 11.3 Å². The summed E-state index contributed by atoms with van der Waals surface area (Å²) in [5, 5.41) is 10.4. The zero-order chi connectivity index (χ0) is 21.1. The molecule has 1 aromatic heterocycles. The van der Waals surface area contributed by atoms with E-state index in [0.717, 1.165) is 21.8 Å². The second-order valence-corrected chi connectivity index (χ2v) is 8.28. The third-order valence-electron chi connectivity index (χ3n) is 4.39. The van der Waals surface area contributed by atoms with Gasteiger partial charge in [-0.1, -0.05) is 53.5 Å². The highest BCUT2D eigenvalue weighted by atomic mass is 35.5. The Hall–Kier alpha value is -2.38. The number of nitrogens with two attached hydrogens (primary N) is 1. The molecule has 0 radical (unpaired) electrons. The molecule has 1 unspecified atom stereocenters. The van der Waals surface area contributed by atoms with Gasteiger partial charge in [0, 0.05) is 22.5 Å². The summed E-state index contributed by atoms with van der Waals surface area (Å²) in [4.78, 5) is 27.5. The van der Waals surface area contributed by atoms with Gasteiger partial charge in [0.05, 0.1) is 16.3 Å². The van der Waals surface area contributed by atoms with E-state index >= 15 is 0 Å². The summed E-state index contributed by atoms with van der Waals surface area (Å²) in [5.41, 5.74) is 7.21. The van der Waals surface area contributed by atoms with Crippen molar-refractivity contribution in [1.29, 1.82) is 0 Å². The number of nitrogens with zero attached hydrogens (tertiary/aromatic N) is 1. The van der Waals surface area contributed by atoms with E-state index in [0.29, 0.717) is 5.02 Å². The first-order valence-electron chi connectivity index (χ1n) is 8.74. The van der Waals surface area contributed by atoms with Crippen LogP contribution in [0, 0.1) is 0 Å². The number of carboxylic acid groups (broad SMARTS) is 1. The highest BCUT2D eigenvalue weighted by Crippen LogP contribution is 2.38. The average Bonchev–Trinajstić information content (AvgIpc) is 3.13. The predicted octanol–water partition coefficient (Wildman–Crippen LogP) is 5.41. The number of carboxylic acids is 1. The molecule has 5 nitrogen and oxygen atoms in total. The monoisotopic (exact) mass is 448 g/mol. The summed E-state index contributed by atoms with van der Waals surface area (Å²) in [6.07, 6.45) is 0. The van der Waals surface area contributed by atoms with Crippen LogP contribution < -0.4 is 10.6 Å². The molecular weight excluding hydrogens is 431 g/mol. The molecule has 8 heteroatoms. The third-order valence-corrected chi connectivity index (χ3v) is 6.10. The first-order valence-corrected chi connectivity index (χ1v) is 10.3. The Morgan fingerprint density at radius 3 is 2.41 bits per heavy atom. The lowest BCUT2D eigenvalue weighted by atomic mass is 10.1. The molecule has 1 heterocycles. The van der Waals surface area contributed by atoms with Gasteiger partial charge in [-0.2, -0.15) is 0 Å². The first-order chi connectivity index (χ1) is 13.8. The van der Waals surface area contributed by atoms with Gasteiger partial charge < -0.3 is 15.7 Å². The fourth-order valence-electron chi connectivity index (χ4n) is 2.90. The van der Waals surface area contributed by atoms with Gasteiger partial charge in [-0.25, -0.2) is 4.79 Å². The van der Waals surface area contributed by atoms with Gasteiger partial charge in [-0.3, -0.25) is 4.79 Å². The summed E-state index contributed by atoms with van der Waals surface area (Å²) < 4.78 is 0. The van der Waals surface area contributed by atoms with Gasteiger partial charge >= 0.3 is 5.97 Å². The molecule has 0 aliphatic rings. The maximum atomic E-state index is 13.4. The Kier molecular flexibility index (Phi) is 6.59. The van der Waals surface area contributed by atoms with Crippen LogP contribution in [0.25, 0.3) is 10.4 Å². The number of benzene rings is 2. The van der Waals surface area contributed by atoms with Crippen molar-refractivity contribution in [2.45, 2.75) is 13.0 Å². The van der Waals surface area contributed by atoms with Crippen LogP contribution in [-0.2, 0) is 0 Å². The normalized spacial score (nSPS) is 11.9. The van der Waals surface area contributed by atoms with Crippen LogP contribution in [-0.4, -0.2) is 29.6 Å².